The van der Waals surface area contributed by atoms with Gasteiger partial charge in [-0.05, 0) is 6.07 Å². The number of carboxylic acid groups (broad SMARTS) is 1. The Balaban J connectivity index is 2.62. The maximum absolute atomic E-state index is 11.6. The fraction of sp³-hybridized carbons (Fsp3) is 0.273. The molecular formula is C11H12NO4. The summed E-state index contributed by atoms with van der Waals surface area (Å²) in [6, 6.07) is 7.65. The van der Waals surface area contributed by atoms with Crippen LogP contribution >= 0.6 is 0 Å². The minimum Gasteiger partial charge on any atom is -0.495 e. The molecule has 2 N–H and O–H groups in total. The molecule has 16 heavy (non-hydrogen) atoms. The number of aliphatic carboxylic acids is 1. The smallest absolute Gasteiger partial charge is 0.305 e. The number of benzene rings is 1. The topological polar surface area (TPSA) is 75.6 Å². The van der Waals surface area contributed by atoms with E-state index in [2.05, 4.69) is 11.4 Å². The van der Waals surface area contributed by atoms with Crippen molar-refractivity contribution in [1.29, 1.82) is 0 Å². The molecule has 1 aromatic carbocycles. The summed E-state index contributed by atoms with van der Waals surface area (Å²) in [7, 11) is 1.44. The van der Waals surface area contributed by atoms with E-state index >= 15 is 0 Å². The molecule has 0 aliphatic carbocycles. The van der Waals surface area contributed by atoms with Crippen LogP contribution in [0.1, 0.15) is 16.8 Å². The molecule has 0 fully saturated rings. The van der Waals surface area contributed by atoms with Crippen LogP contribution in [0.15, 0.2) is 18.2 Å². The molecular weight excluding hydrogens is 210 g/mol. The van der Waals surface area contributed by atoms with Crippen LogP contribution in [0.4, 0.5) is 0 Å². The minimum absolute atomic E-state index is 0.0895. The van der Waals surface area contributed by atoms with Crippen molar-refractivity contribution in [3.8, 4) is 5.75 Å². The molecule has 0 aliphatic heterocycles. The monoisotopic (exact) mass is 222 g/mol. The largest absolute Gasteiger partial charge is 0.495 e. The molecule has 5 heteroatoms. The maximum Gasteiger partial charge on any atom is 0.305 e. The van der Waals surface area contributed by atoms with Gasteiger partial charge in [-0.3, -0.25) is 9.59 Å². The van der Waals surface area contributed by atoms with Crippen molar-refractivity contribution in [2.75, 3.05) is 13.7 Å². The molecule has 1 radical (unpaired) electrons. The number of para-hydroxylation sites is 1. The maximum atomic E-state index is 11.6. The Bertz CT molecular complexity index is 389. The predicted octanol–water partition coefficient (Wildman–Crippen LogP) is 0.700. The summed E-state index contributed by atoms with van der Waals surface area (Å²) < 4.78 is 4.96. The zero-order valence-electron chi connectivity index (χ0n) is 8.82. The van der Waals surface area contributed by atoms with Gasteiger partial charge in [0.1, 0.15) is 5.75 Å². The summed E-state index contributed by atoms with van der Waals surface area (Å²) >= 11 is 0. The standard InChI is InChI=1S/C11H12NO4/c1-16-9-5-3-2-4-8(9)11(15)12-7-6-10(13)14/h2-4H,6-7H2,1H3,(H,12,15)(H,13,14). The fourth-order valence-electron chi connectivity index (χ4n) is 1.15. The highest BCUT2D eigenvalue weighted by Crippen LogP contribution is 2.15. The lowest BCUT2D eigenvalue weighted by Crippen LogP contribution is -2.26. The van der Waals surface area contributed by atoms with Crippen molar-refractivity contribution in [2.24, 2.45) is 0 Å². The zero-order valence-corrected chi connectivity index (χ0v) is 8.82. The third-order valence-corrected chi connectivity index (χ3v) is 1.89. The van der Waals surface area contributed by atoms with E-state index in [1.54, 1.807) is 18.2 Å². The van der Waals surface area contributed by atoms with Crippen LogP contribution in [0.3, 0.4) is 0 Å². The molecule has 0 unspecified atom stereocenters. The highest BCUT2D eigenvalue weighted by molar-refractivity contribution is 5.96. The molecule has 1 rings (SSSR count). The second-order valence-electron chi connectivity index (χ2n) is 3.02. The number of nitrogens with one attached hydrogen (secondary N) is 1. The summed E-state index contributed by atoms with van der Waals surface area (Å²) in [5.74, 6) is -0.975. The molecule has 1 amide bonds. The van der Waals surface area contributed by atoms with Gasteiger partial charge in [0.15, 0.2) is 0 Å². The Morgan fingerprint density at radius 3 is 2.94 bits per heavy atom. The molecule has 0 spiro atoms. The first-order chi connectivity index (χ1) is 7.65. The first-order valence-corrected chi connectivity index (χ1v) is 4.70. The molecule has 0 aliphatic rings. The molecule has 5 nitrogen and oxygen atoms in total. The summed E-state index contributed by atoms with van der Waals surface area (Å²) in [6.07, 6.45) is -0.107. The van der Waals surface area contributed by atoms with Crippen LogP contribution in [0.25, 0.3) is 0 Å². The third kappa shape index (κ3) is 3.27. The summed E-state index contributed by atoms with van der Waals surface area (Å²) in [6.45, 7) is 0.0895. The van der Waals surface area contributed by atoms with Gasteiger partial charge in [0.2, 0.25) is 0 Å². The average Bonchev–Trinajstić information content (AvgIpc) is 2.28. The van der Waals surface area contributed by atoms with Gasteiger partial charge in [-0.2, -0.15) is 0 Å². The molecule has 0 saturated heterocycles. The van der Waals surface area contributed by atoms with Gasteiger partial charge in [-0.25, -0.2) is 0 Å². The quantitative estimate of drug-likeness (QED) is 0.769. The molecule has 0 aromatic heterocycles. The van der Waals surface area contributed by atoms with E-state index in [1.165, 1.54) is 7.11 Å². The first-order valence-electron chi connectivity index (χ1n) is 4.70. The summed E-state index contributed by atoms with van der Waals surface area (Å²) in [5.41, 5.74) is 0.343. The minimum atomic E-state index is -0.952. The van der Waals surface area contributed by atoms with Gasteiger partial charge in [0, 0.05) is 12.6 Å². The molecule has 85 valence electrons. The average molecular weight is 222 g/mol. The van der Waals surface area contributed by atoms with Gasteiger partial charge in [0.05, 0.1) is 19.1 Å². The second kappa shape index (κ2) is 5.75. The van der Waals surface area contributed by atoms with E-state index in [-0.39, 0.29) is 18.9 Å². The van der Waals surface area contributed by atoms with Crippen molar-refractivity contribution in [2.45, 2.75) is 6.42 Å². The van der Waals surface area contributed by atoms with E-state index in [1.807, 2.05) is 0 Å². The lowest BCUT2D eigenvalue weighted by molar-refractivity contribution is -0.136. The van der Waals surface area contributed by atoms with E-state index in [0.717, 1.165) is 0 Å². The Morgan fingerprint density at radius 1 is 1.56 bits per heavy atom. The van der Waals surface area contributed by atoms with Crippen LogP contribution < -0.4 is 10.1 Å². The highest BCUT2D eigenvalue weighted by atomic mass is 16.5. The third-order valence-electron chi connectivity index (χ3n) is 1.89. The summed E-state index contributed by atoms with van der Waals surface area (Å²) in [5, 5.41) is 10.9. The molecule has 0 bridgehead atoms. The molecule has 0 saturated carbocycles. The number of rotatable bonds is 5. The predicted molar refractivity (Wildman–Crippen MR) is 56.4 cm³/mol. The highest BCUT2D eigenvalue weighted by Gasteiger charge is 2.11. The first kappa shape index (κ1) is 12.0. The van der Waals surface area contributed by atoms with Gasteiger partial charge in [0.25, 0.3) is 5.91 Å². The number of carbonyl (C=O) groups excluding carboxylic acids is 1. The van der Waals surface area contributed by atoms with Gasteiger partial charge in [-0.1, -0.05) is 12.1 Å². The number of ether oxygens (including phenoxy) is 1. The molecule has 0 atom stereocenters. The van der Waals surface area contributed by atoms with Crippen molar-refractivity contribution >= 4 is 11.9 Å². The van der Waals surface area contributed by atoms with Crippen LogP contribution in [0, 0.1) is 6.07 Å². The summed E-state index contributed by atoms with van der Waals surface area (Å²) in [4.78, 5) is 21.9. The van der Waals surface area contributed by atoms with E-state index in [9.17, 15) is 9.59 Å². The van der Waals surface area contributed by atoms with Crippen LogP contribution in [0.5, 0.6) is 5.75 Å². The Kier molecular flexibility index (Phi) is 4.32. The van der Waals surface area contributed by atoms with Crippen molar-refractivity contribution < 1.29 is 19.4 Å². The van der Waals surface area contributed by atoms with E-state index < -0.39 is 5.97 Å². The zero-order chi connectivity index (χ0) is 12.0. The van der Waals surface area contributed by atoms with Crippen LogP contribution in [0.2, 0.25) is 0 Å². The number of hydrogen-bond donors (Lipinski definition) is 2. The number of carboxylic acids is 1. The van der Waals surface area contributed by atoms with E-state index in [0.29, 0.717) is 11.3 Å². The Labute approximate surface area is 93.0 Å². The van der Waals surface area contributed by atoms with E-state index in [4.69, 9.17) is 9.84 Å². The van der Waals surface area contributed by atoms with Gasteiger partial charge >= 0.3 is 5.97 Å². The molecule has 1 aromatic rings. The Hall–Kier alpha value is -2.04. The second-order valence-corrected chi connectivity index (χ2v) is 3.02. The lowest BCUT2D eigenvalue weighted by Gasteiger charge is -2.07. The van der Waals surface area contributed by atoms with Crippen LogP contribution in [-0.4, -0.2) is 30.6 Å². The Morgan fingerprint density at radius 2 is 2.31 bits per heavy atom. The van der Waals surface area contributed by atoms with Gasteiger partial charge in [-0.15, -0.1) is 0 Å². The molecule has 0 heterocycles. The van der Waals surface area contributed by atoms with Gasteiger partial charge < -0.3 is 15.2 Å². The normalized spacial score (nSPS) is 9.56. The van der Waals surface area contributed by atoms with Crippen molar-refractivity contribution in [3.63, 3.8) is 0 Å². The number of carbonyl (C=O) groups is 2. The SMILES string of the molecule is COc1[c]cccc1C(=O)NCCC(=O)O. The van der Waals surface area contributed by atoms with Crippen molar-refractivity contribution in [3.05, 3.63) is 29.8 Å². The lowest BCUT2D eigenvalue weighted by atomic mass is 10.2. The number of hydrogen-bond acceptors (Lipinski definition) is 3. The fourth-order valence-corrected chi connectivity index (χ4v) is 1.15. The number of methoxy groups -OCH3 is 1. The van der Waals surface area contributed by atoms with Crippen molar-refractivity contribution in [1.82, 2.24) is 5.32 Å². The van der Waals surface area contributed by atoms with Crippen LogP contribution in [-0.2, 0) is 4.79 Å². The number of amides is 1.